The zero-order valence-electron chi connectivity index (χ0n) is 13.6. The Morgan fingerprint density at radius 3 is 1.54 bits per heavy atom. The lowest BCUT2D eigenvalue weighted by Crippen LogP contribution is -2.34. The van der Waals surface area contributed by atoms with Gasteiger partial charge in [-0.2, -0.15) is 0 Å². The maximum atomic E-state index is 13.3. The molecule has 0 spiro atoms. The van der Waals surface area contributed by atoms with E-state index in [2.05, 4.69) is 0 Å². The molecule has 0 radical (unpaired) electrons. The van der Waals surface area contributed by atoms with Crippen molar-refractivity contribution < 1.29 is 22.6 Å². The summed E-state index contributed by atoms with van der Waals surface area (Å²) >= 11 is 0. The van der Waals surface area contributed by atoms with Gasteiger partial charge in [-0.15, -0.1) is 0 Å². The minimum Gasteiger partial charge on any atom is -0.348 e. The average Bonchev–Trinajstić information content (AvgIpc) is 3.45. The highest BCUT2D eigenvalue weighted by molar-refractivity contribution is 5.20. The molecular weight excluding hydrogens is 317 g/mol. The Morgan fingerprint density at radius 2 is 1.08 bits per heavy atom. The van der Waals surface area contributed by atoms with Crippen LogP contribution in [-0.2, 0) is 9.47 Å². The lowest BCUT2D eigenvalue weighted by atomic mass is 9.74. The second kappa shape index (κ2) is 6.68. The summed E-state index contributed by atoms with van der Waals surface area (Å²) in [6, 6.07) is 1.90. The van der Waals surface area contributed by atoms with E-state index in [1.54, 1.807) is 0 Å². The lowest BCUT2D eigenvalue weighted by molar-refractivity contribution is -0.215. The number of hydrogen-bond acceptors (Lipinski definition) is 2. The van der Waals surface area contributed by atoms with E-state index in [1.807, 2.05) is 0 Å². The lowest BCUT2D eigenvalue weighted by Gasteiger charge is -2.38. The van der Waals surface area contributed by atoms with E-state index in [0.717, 1.165) is 24.0 Å². The molecule has 1 saturated heterocycles. The first-order chi connectivity index (χ1) is 11.6. The fraction of sp³-hybridized carbons (Fsp3) is 0.684. The van der Waals surface area contributed by atoms with Gasteiger partial charge in [0.15, 0.2) is 23.7 Å². The van der Waals surface area contributed by atoms with Crippen molar-refractivity contribution in [3.63, 3.8) is 0 Å². The molecule has 0 unspecified atom stereocenters. The van der Waals surface area contributed by atoms with Crippen molar-refractivity contribution in [3.05, 3.63) is 35.1 Å². The van der Waals surface area contributed by atoms with Crippen LogP contribution in [0.4, 0.5) is 13.2 Å². The largest absolute Gasteiger partial charge is 0.348 e. The summed E-state index contributed by atoms with van der Waals surface area (Å²) in [5.74, 6) is -1.02. The number of rotatable bonds is 3. The van der Waals surface area contributed by atoms with Gasteiger partial charge in [0.05, 0.1) is 13.2 Å². The van der Waals surface area contributed by atoms with Gasteiger partial charge in [-0.25, -0.2) is 13.2 Å². The van der Waals surface area contributed by atoms with Gasteiger partial charge in [-0.3, -0.25) is 0 Å². The summed E-state index contributed by atoms with van der Waals surface area (Å²) in [4.78, 5) is 0. The Morgan fingerprint density at radius 1 is 0.667 bits per heavy atom. The molecule has 2 saturated carbocycles. The molecule has 2 aliphatic carbocycles. The number of hydrogen-bond donors (Lipinski definition) is 0. The number of ether oxygens (including phenoxy) is 2. The van der Waals surface area contributed by atoms with E-state index in [9.17, 15) is 13.2 Å². The van der Waals surface area contributed by atoms with Gasteiger partial charge in [0.25, 0.3) is 0 Å². The quantitative estimate of drug-likeness (QED) is 0.722. The Hall–Kier alpha value is -1.07. The maximum Gasteiger partial charge on any atom is 0.194 e. The van der Waals surface area contributed by atoms with Crippen molar-refractivity contribution >= 4 is 0 Å². The van der Waals surface area contributed by atoms with Crippen LogP contribution in [-0.4, -0.2) is 13.2 Å². The molecule has 0 amide bonds. The normalized spacial score (nSPS) is 34.3. The molecule has 0 bridgehead atoms. The van der Waals surface area contributed by atoms with Crippen LogP contribution < -0.4 is 0 Å². The van der Waals surface area contributed by atoms with Crippen LogP contribution >= 0.6 is 0 Å². The van der Waals surface area contributed by atoms with E-state index in [0.29, 0.717) is 25.0 Å². The van der Waals surface area contributed by atoms with E-state index in [-0.39, 0.29) is 5.56 Å². The molecule has 3 fully saturated rings. The summed E-state index contributed by atoms with van der Waals surface area (Å²) in [7, 11) is 0. The van der Waals surface area contributed by atoms with Gasteiger partial charge < -0.3 is 9.47 Å². The fourth-order valence-corrected chi connectivity index (χ4v) is 4.35. The van der Waals surface area contributed by atoms with Crippen molar-refractivity contribution in [2.75, 3.05) is 13.2 Å². The Bertz CT molecular complexity index is 563. The third kappa shape index (κ3) is 3.33. The summed E-state index contributed by atoms with van der Waals surface area (Å²) in [5, 5.41) is 0. The minimum absolute atomic E-state index is 0.197. The highest BCUT2D eigenvalue weighted by Gasteiger charge is 2.37. The maximum absolute atomic E-state index is 13.3. The average molecular weight is 340 g/mol. The topological polar surface area (TPSA) is 18.5 Å². The third-order valence-corrected chi connectivity index (χ3v) is 5.97. The van der Waals surface area contributed by atoms with Crippen molar-refractivity contribution in [1.82, 2.24) is 0 Å². The summed E-state index contributed by atoms with van der Waals surface area (Å²) < 4.78 is 51.1. The second-order valence-corrected chi connectivity index (χ2v) is 7.57. The zero-order valence-corrected chi connectivity index (χ0v) is 13.6. The van der Waals surface area contributed by atoms with Crippen molar-refractivity contribution in [2.45, 2.75) is 44.8 Å². The molecular formula is C19H23F3O2. The molecule has 0 atom stereocenters. The smallest absolute Gasteiger partial charge is 0.194 e. The van der Waals surface area contributed by atoms with Crippen LogP contribution in [0, 0.1) is 41.1 Å². The van der Waals surface area contributed by atoms with Crippen molar-refractivity contribution in [1.29, 1.82) is 0 Å². The predicted molar refractivity (Wildman–Crippen MR) is 82.6 cm³/mol. The molecule has 3 aliphatic rings. The SMILES string of the molecule is Fc1cc(C2OCC(C3CCC(C4CC4)CC3)CO2)cc(F)c1F. The molecule has 132 valence electrons. The number of halogens is 3. The van der Waals surface area contributed by atoms with E-state index < -0.39 is 23.7 Å². The van der Waals surface area contributed by atoms with Gasteiger partial charge >= 0.3 is 0 Å². The van der Waals surface area contributed by atoms with Crippen LogP contribution in [0.15, 0.2) is 12.1 Å². The molecule has 0 aromatic heterocycles. The first-order valence-electron chi connectivity index (χ1n) is 8.99. The molecule has 1 aromatic carbocycles. The van der Waals surface area contributed by atoms with Crippen LogP contribution in [0.25, 0.3) is 0 Å². The van der Waals surface area contributed by atoms with Gasteiger partial charge in [-0.05, 0) is 68.4 Å². The van der Waals surface area contributed by atoms with Crippen LogP contribution in [0.3, 0.4) is 0 Å². The summed E-state index contributed by atoms with van der Waals surface area (Å²) in [6.07, 6.45) is 7.09. The van der Waals surface area contributed by atoms with Gasteiger partial charge in [0.2, 0.25) is 0 Å². The Balaban J connectivity index is 1.32. The third-order valence-electron chi connectivity index (χ3n) is 5.97. The van der Waals surface area contributed by atoms with E-state index in [1.165, 1.54) is 38.5 Å². The minimum atomic E-state index is -1.46. The molecule has 2 nitrogen and oxygen atoms in total. The van der Waals surface area contributed by atoms with Crippen LogP contribution in [0.5, 0.6) is 0 Å². The zero-order chi connectivity index (χ0) is 16.7. The Kier molecular flexibility index (Phi) is 4.56. The predicted octanol–water partition coefficient (Wildman–Crippen LogP) is 4.98. The molecule has 1 aliphatic heterocycles. The van der Waals surface area contributed by atoms with Gasteiger partial charge in [-0.1, -0.05) is 0 Å². The van der Waals surface area contributed by atoms with Gasteiger partial charge in [0.1, 0.15) is 0 Å². The molecule has 24 heavy (non-hydrogen) atoms. The first kappa shape index (κ1) is 16.4. The summed E-state index contributed by atoms with van der Waals surface area (Å²) in [6.45, 7) is 1.06. The van der Waals surface area contributed by atoms with Crippen LogP contribution in [0.1, 0.15) is 50.4 Å². The standard InChI is InChI=1S/C19H23F3O2/c20-16-7-14(8-17(21)18(16)22)19-23-9-15(10-24-19)13-5-3-12(4-6-13)11-1-2-11/h7-8,11-13,15,19H,1-6,9-10H2. The molecule has 5 heteroatoms. The van der Waals surface area contributed by atoms with Crippen LogP contribution in [0.2, 0.25) is 0 Å². The molecule has 1 aromatic rings. The van der Waals surface area contributed by atoms with E-state index >= 15 is 0 Å². The van der Waals surface area contributed by atoms with E-state index in [4.69, 9.17) is 9.47 Å². The molecule has 1 heterocycles. The van der Waals surface area contributed by atoms with Crippen molar-refractivity contribution in [3.8, 4) is 0 Å². The highest BCUT2D eigenvalue weighted by atomic mass is 19.2. The second-order valence-electron chi connectivity index (χ2n) is 7.57. The molecule has 4 rings (SSSR count). The van der Waals surface area contributed by atoms with Crippen molar-refractivity contribution in [2.24, 2.45) is 23.7 Å². The number of benzene rings is 1. The highest BCUT2D eigenvalue weighted by Crippen LogP contribution is 2.46. The Labute approximate surface area is 140 Å². The fourth-order valence-electron chi connectivity index (χ4n) is 4.35. The molecule has 0 N–H and O–H groups in total. The summed E-state index contributed by atoms with van der Waals surface area (Å²) in [5.41, 5.74) is 0.197. The van der Waals surface area contributed by atoms with Gasteiger partial charge in [0, 0.05) is 11.5 Å². The monoisotopic (exact) mass is 340 g/mol. The first-order valence-corrected chi connectivity index (χ1v) is 8.99.